The molecule has 28 heavy (non-hydrogen) atoms. The van der Waals surface area contributed by atoms with Gasteiger partial charge in [-0.2, -0.15) is 0 Å². The lowest BCUT2D eigenvalue weighted by Crippen LogP contribution is -2.41. The molecular weight excluding hydrogens is 399 g/mol. The second-order valence-corrected chi connectivity index (χ2v) is 7.02. The van der Waals surface area contributed by atoms with Gasteiger partial charge in [0.25, 0.3) is 0 Å². The third-order valence-electron chi connectivity index (χ3n) is 4.63. The smallest absolute Gasteiger partial charge is 0.330 e. The number of carbonyl (C=O) groups is 1. The molecule has 0 fully saturated rings. The van der Waals surface area contributed by atoms with Crippen LogP contribution in [0.3, 0.4) is 0 Å². The Kier molecular flexibility index (Phi) is 13.7. The van der Waals surface area contributed by atoms with Crippen LogP contribution < -0.4 is 0 Å². The first kappa shape index (κ1) is 26.5. The summed E-state index contributed by atoms with van der Waals surface area (Å²) in [6.07, 6.45) is 14.3. The highest BCUT2D eigenvalue weighted by molar-refractivity contribution is 5.85. The Morgan fingerprint density at radius 2 is 1.36 bits per heavy atom. The van der Waals surface area contributed by atoms with Crippen LogP contribution in [-0.2, 0) is 9.53 Å². The van der Waals surface area contributed by atoms with Crippen molar-refractivity contribution in [2.75, 3.05) is 39.5 Å². The van der Waals surface area contributed by atoms with Crippen LogP contribution in [0.25, 0.3) is 0 Å². The minimum Gasteiger partial charge on any atom is -0.455 e. The lowest BCUT2D eigenvalue weighted by atomic mass is 10.3. The van der Waals surface area contributed by atoms with Crippen molar-refractivity contribution in [1.82, 2.24) is 19.6 Å². The third kappa shape index (κ3) is 9.11. The maximum atomic E-state index is 11.7. The molecule has 0 atom stereocenters. The normalized spacial score (nSPS) is 15.1. The van der Waals surface area contributed by atoms with Gasteiger partial charge in [0.2, 0.25) is 0 Å². The van der Waals surface area contributed by atoms with E-state index in [-0.39, 0.29) is 36.9 Å². The molecule has 0 saturated carbocycles. The highest BCUT2D eigenvalue weighted by atomic mass is 35.5. The van der Waals surface area contributed by atoms with Crippen LogP contribution in [-0.4, -0.2) is 71.2 Å². The number of ether oxygens (including phenoxy) is 1. The van der Waals surface area contributed by atoms with Crippen molar-refractivity contribution < 1.29 is 9.53 Å². The van der Waals surface area contributed by atoms with Gasteiger partial charge in [-0.25, -0.2) is 4.79 Å². The molecule has 6 nitrogen and oxygen atoms in total. The number of carbonyl (C=O) groups excluding carboxylic acids is 1. The van der Waals surface area contributed by atoms with Crippen molar-refractivity contribution in [3.8, 4) is 0 Å². The molecule has 2 aliphatic heterocycles. The number of rotatable bonds is 12. The first-order valence-electron chi connectivity index (χ1n) is 9.80. The van der Waals surface area contributed by atoms with Gasteiger partial charge >= 0.3 is 5.97 Å². The molecule has 0 aromatic carbocycles. The Hall–Kier alpha value is -1.53. The summed E-state index contributed by atoms with van der Waals surface area (Å²) in [5.41, 5.74) is 0. The molecule has 0 aromatic rings. The topological polar surface area (TPSA) is 39.3 Å². The average Bonchev–Trinajstić information content (AvgIpc) is 3.27. The molecule has 0 bridgehead atoms. The summed E-state index contributed by atoms with van der Waals surface area (Å²) >= 11 is 0. The molecule has 0 aromatic heterocycles. The van der Waals surface area contributed by atoms with E-state index >= 15 is 0 Å². The molecule has 0 aliphatic carbocycles. The van der Waals surface area contributed by atoms with E-state index in [1.807, 2.05) is 0 Å². The molecule has 0 unspecified atom stereocenters. The maximum Gasteiger partial charge on any atom is 0.330 e. The second-order valence-electron chi connectivity index (χ2n) is 7.02. The quantitative estimate of drug-likeness (QED) is 0.345. The Bertz CT molecular complexity index is 482. The van der Waals surface area contributed by atoms with Crippen molar-refractivity contribution in [3.05, 3.63) is 37.5 Å². The van der Waals surface area contributed by atoms with Crippen molar-refractivity contribution in [1.29, 1.82) is 0 Å². The predicted molar refractivity (Wildman–Crippen MR) is 119 cm³/mol. The van der Waals surface area contributed by atoms with Gasteiger partial charge in [0.1, 0.15) is 6.10 Å². The first-order chi connectivity index (χ1) is 12.6. The largest absolute Gasteiger partial charge is 0.455 e. The summed E-state index contributed by atoms with van der Waals surface area (Å²) in [5.74, 6) is -0.355. The first-order valence-corrected chi connectivity index (χ1v) is 9.80. The van der Waals surface area contributed by atoms with Gasteiger partial charge in [0, 0.05) is 44.0 Å². The summed E-state index contributed by atoms with van der Waals surface area (Å²) < 4.78 is 5.61. The molecule has 8 heteroatoms. The average molecular weight is 435 g/mol. The van der Waals surface area contributed by atoms with Crippen LogP contribution >= 0.6 is 24.8 Å². The van der Waals surface area contributed by atoms with Crippen molar-refractivity contribution in [3.63, 3.8) is 0 Å². The van der Waals surface area contributed by atoms with E-state index in [0.29, 0.717) is 13.1 Å². The van der Waals surface area contributed by atoms with Crippen LogP contribution in [0.2, 0.25) is 0 Å². The molecule has 162 valence electrons. The van der Waals surface area contributed by atoms with Crippen LogP contribution in [0.5, 0.6) is 0 Å². The summed E-state index contributed by atoms with van der Waals surface area (Å²) in [6, 6.07) is 0. The lowest BCUT2D eigenvalue weighted by Gasteiger charge is -2.29. The maximum absolute atomic E-state index is 11.7. The van der Waals surface area contributed by atoms with E-state index in [9.17, 15) is 4.79 Å². The Balaban J connectivity index is 0.00000364. The molecular formula is C20H36Cl2N4O2. The molecule has 2 heterocycles. The zero-order valence-electron chi connectivity index (χ0n) is 17.2. The van der Waals surface area contributed by atoms with E-state index in [0.717, 1.165) is 26.4 Å². The predicted octanol–water partition coefficient (Wildman–Crippen LogP) is 3.62. The molecule has 0 radical (unpaired) electrons. The van der Waals surface area contributed by atoms with Gasteiger partial charge in [-0.1, -0.05) is 33.3 Å². The summed E-state index contributed by atoms with van der Waals surface area (Å²) in [4.78, 5) is 20.8. The van der Waals surface area contributed by atoms with E-state index < -0.39 is 0 Å². The minimum atomic E-state index is -0.355. The highest BCUT2D eigenvalue weighted by Crippen LogP contribution is 2.13. The molecule has 2 aliphatic rings. The van der Waals surface area contributed by atoms with Crippen molar-refractivity contribution in [2.24, 2.45) is 0 Å². The van der Waals surface area contributed by atoms with Gasteiger partial charge in [-0.05, 0) is 12.8 Å². The minimum absolute atomic E-state index is 0. The van der Waals surface area contributed by atoms with Gasteiger partial charge in [-0.15, -0.1) is 24.8 Å². The summed E-state index contributed by atoms with van der Waals surface area (Å²) in [5, 5.41) is 0. The number of hydrogen-bond acceptors (Lipinski definition) is 6. The molecule has 2 rings (SSSR count). The van der Waals surface area contributed by atoms with Gasteiger partial charge in [0.15, 0.2) is 0 Å². The van der Waals surface area contributed by atoms with Gasteiger partial charge in [0.05, 0.1) is 26.4 Å². The monoisotopic (exact) mass is 434 g/mol. The SMILES string of the molecule is C=CC(=O)OC(CN1C=CN(CCCC)C1)CN1C=CN(CCCC)C1.Cl.Cl. The van der Waals surface area contributed by atoms with E-state index in [4.69, 9.17) is 4.74 Å². The number of esters is 1. The number of hydrogen-bond donors (Lipinski definition) is 0. The van der Waals surface area contributed by atoms with E-state index in [1.54, 1.807) is 0 Å². The van der Waals surface area contributed by atoms with Crippen molar-refractivity contribution in [2.45, 2.75) is 45.6 Å². The Labute approximate surface area is 182 Å². The fourth-order valence-corrected chi connectivity index (χ4v) is 3.15. The van der Waals surface area contributed by atoms with Gasteiger partial charge in [-0.3, -0.25) is 0 Å². The molecule has 0 amide bonds. The summed E-state index contributed by atoms with van der Waals surface area (Å²) in [7, 11) is 0. The zero-order valence-corrected chi connectivity index (χ0v) is 18.8. The number of halogens is 2. The fraction of sp³-hybridized carbons (Fsp3) is 0.650. The Morgan fingerprint density at radius 1 is 0.929 bits per heavy atom. The molecule has 0 saturated heterocycles. The highest BCUT2D eigenvalue weighted by Gasteiger charge is 2.23. The molecule has 0 N–H and O–H groups in total. The van der Waals surface area contributed by atoms with Crippen LogP contribution in [0, 0.1) is 0 Å². The lowest BCUT2D eigenvalue weighted by molar-refractivity contribution is -0.144. The standard InChI is InChI=1S/C20H34N4O2.2ClH/c1-4-7-9-21-11-13-23(17-21)15-19(26-20(25)6-3)16-24-14-12-22(18-24)10-8-5-2;;/h6,11-14,19H,3-5,7-10,15-18H2,1-2H3;2*1H. The Morgan fingerprint density at radius 3 is 1.75 bits per heavy atom. The summed E-state index contributed by atoms with van der Waals surface area (Å²) in [6.45, 7) is 13.2. The van der Waals surface area contributed by atoms with Crippen molar-refractivity contribution >= 4 is 30.8 Å². The van der Waals surface area contributed by atoms with Gasteiger partial charge < -0.3 is 24.3 Å². The van der Waals surface area contributed by atoms with Crippen LogP contribution in [0.15, 0.2) is 37.5 Å². The number of unbranched alkanes of at least 4 members (excludes halogenated alkanes) is 2. The van der Waals surface area contributed by atoms with Crippen LogP contribution in [0.4, 0.5) is 0 Å². The second kappa shape index (κ2) is 14.5. The molecule has 0 spiro atoms. The number of nitrogens with zero attached hydrogens (tertiary/aromatic N) is 4. The zero-order chi connectivity index (χ0) is 18.8. The van der Waals surface area contributed by atoms with E-state index in [2.05, 4.69) is 64.8 Å². The van der Waals surface area contributed by atoms with Crippen LogP contribution in [0.1, 0.15) is 39.5 Å². The fourth-order valence-electron chi connectivity index (χ4n) is 3.15. The van der Waals surface area contributed by atoms with E-state index in [1.165, 1.54) is 31.8 Å². The third-order valence-corrected chi connectivity index (χ3v) is 4.63.